The van der Waals surface area contributed by atoms with Crippen molar-refractivity contribution in [3.63, 3.8) is 0 Å². The Morgan fingerprint density at radius 1 is 0.829 bits per heavy atom. The van der Waals surface area contributed by atoms with Crippen LogP contribution in [0.2, 0.25) is 0 Å². The quantitative estimate of drug-likeness (QED) is 0.318. The van der Waals surface area contributed by atoms with Gasteiger partial charge >= 0.3 is 0 Å². The summed E-state index contributed by atoms with van der Waals surface area (Å²) in [6.07, 6.45) is 0. The smallest absolute Gasteiger partial charge is 0.269 e. The monoisotopic (exact) mass is 501 g/mol. The van der Waals surface area contributed by atoms with Crippen LogP contribution >= 0.6 is 11.8 Å². The minimum Gasteiger partial charge on any atom is -0.497 e. The van der Waals surface area contributed by atoms with E-state index < -0.39 is 11.8 Å². The molecule has 0 saturated carbocycles. The maximum absolute atomic E-state index is 12.4. The van der Waals surface area contributed by atoms with Crippen LogP contribution in [0.25, 0.3) is 11.4 Å². The number of hydrogen-bond acceptors (Lipinski definition) is 9. The van der Waals surface area contributed by atoms with Crippen LogP contribution in [0, 0.1) is 0 Å². The highest BCUT2D eigenvalue weighted by atomic mass is 32.2. The largest absolute Gasteiger partial charge is 0.497 e. The van der Waals surface area contributed by atoms with Gasteiger partial charge in [0.1, 0.15) is 23.0 Å². The highest BCUT2D eigenvalue weighted by Gasteiger charge is 2.17. The summed E-state index contributed by atoms with van der Waals surface area (Å²) >= 11 is 1.20. The van der Waals surface area contributed by atoms with Crippen molar-refractivity contribution < 1.29 is 28.5 Å². The normalized spacial score (nSPS) is 10.4. The summed E-state index contributed by atoms with van der Waals surface area (Å²) in [5, 5.41) is 9.07. The van der Waals surface area contributed by atoms with Gasteiger partial charge in [-0.2, -0.15) is 0 Å². The van der Waals surface area contributed by atoms with Crippen LogP contribution in [0.5, 0.6) is 23.0 Å². The molecule has 3 aromatic rings. The first-order chi connectivity index (χ1) is 16.9. The summed E-state index contributed by atoms with van der Waals surface area (Å²) in [4.78, 5) is 24.8. The van der Waals surface area contributed by atoms with Gasteiger partial charge in [-0.3, -0.25) is 20.4 Å². The molecule has 0 aliphatic rings. The molecule has 0 spiro atoms. The summed E-state index contributed by atoms with van der Waals surface area (Å²) in [6.45, 7) is 2.54. The molecule has 0 aliphatic carbocycles. The molecule has 0 fully saturated rings. The highest BCUT2D eigenvalue weighted by Crippen LogP contribution is 2.30. The number of aromatic nitrogens is 3. The number of amides is 2. The number of rotatable bonds is 10. The fourth-order valence-corrected chi connectivity index (χ4v) is 3.94. The molecule has 12 heteroatoms. The second kappa shape index (κ2) is 12.0. The van der Waals surface area contributed by atoms with Gasteiger partial charge in [-0.15, -0.1) is 10.2 Å². The molecule has 3 rings (SSSR count). The third-order valence-corrected chi connectivity index (χ3v) is 5.87. The zero-order valence-corrected chi connectivity index (χ0v) is 20.9. The molecular formula is C23H27N5O6S. The van der Waals surface area contributed by atoms with Gasteiger partial charge in [-0.1, -0.05) is 11.8 Å². The number of carbonyl (C=O) groups is 2. The second-order valence-corrected chi connectivity index (χ2v) is 7.99. The molecule has 0 unspecified atom stereocenters. The average Bonchev–Trinajstić information content (AvgIpc) is 3.32. The number of methoxy groups -OCH3 is 4. The van der Waals surface area contributed by atoms with Gasteiger partial charge < -0.3 is 23.5 Å². The van der Waals surface area contributed by atoms with E-state index in [1.165, 1.54) is 38.1 Å². The molecular weight excluding hydrogens is 474 g/mol. The van der Waals surface area contributed by atoms with E-state index in [0.29, 0.717) is 40.5 Å². The topological polar surface area (TPSA) is 126 Å². The average molecular weight is 502 g/mol. The van der Waals surface area contributed by atoms with Gasteiger partial charge in [0, 0.05) is 29.8 Å². The lowest BCUT2D eigenvalue weighted by Gasteiger charge is -2.11. The molecule has 2 N–H and O–H groups in total. The summed E-state index contributed by atoms with van der Waals surface area (Å²) in [6, 6.07) is 10.2. The van der Waals surface area contributed by atoms with Crippen molar-refractivity contribution in [2.45, 2.75) is 18.6 Å². The lowest BCUT2D eigenvalue weighted by molar-refractivity contribution is -0.119. The Morgan fingerprint density at radius 3 is 1.89 bits per heavy atom. The predicted octanol–water partition coefficient (Wildman–Crippen LogP) is 2.55. The maximum atomic E-state index is 12.4. The molecule has 2 amide bonds. The Hall–Kier alpha value is -3.93. The first kappa shape index (κ1) is 25.7. The van der Waals surface area contributed by atoms with Crippen molar-refractivity contribution in [1.82, 2.24) is 25.6 Å². The van der Waals surface area contributed by atoms with Crippen molar-refractivity contribution in [1.29, 1.82) is 0 Å². The lowest BCUT2D eigenvalue weighted by Crippen LogP contribution is -2.42. The van der Waals surface area contributed by atoms with Crippen molar-refractivity contribution in [3.05, 3.63) is 42.0 Å². The molecule has 1 heterocycles. The molecule has 186 valence electrons. The summed E-state index contributed by atoms with van der Waals surface area (Å²) in [5.41, 5.74) is 5.84. The van der Waals surface area contributed by atoms with Gasteiger partial charge in [-0.05, 0) is 31.2 Å². The number of nitrogens with one attached hydrogen (secondary N) is 2. The van der Waals surface area contributed by atoms with Crippen molar-refractivity contribution in [3.8, 4) is 34.4 Å². The van der Waals surface area contributed by atoms with Crippen LogP contribution in [-0.2, 0) is 11.3 Å². The molecule has 35 heavy (non-hydrogen) atoms. The number of hydrazine groups is 1. The number of benzene rings is 2. The number of ether oxygens (including phenoxy) is 4. The predicted molar refractivity (Wildman–Crippen MR) is 130 cm³/mol. The summed E-state index contributed by atoms with van der Waals surface area (Å²) in [5.74, 6) is 1.89. The fourth-order valence-electron chi connectivity index (χ4n) is 3.13. The maximum Gasteiger partial charge on any atom is 0.269 e. The molecule has 0 saturated heterocycles. The van der Waals surface area contributed by atoms with Crippen LogP contribution in [0.15, 0.2) is 41.6 Å². The Morgan fingerprint density at radius 2 is 1.37 bits per heavy atom. The molecule has 1 aromatic heterocycles. The molecule has 0 bridgehead atoms. The van der Waals surface area contributed by atoms with E-state index in [1.807, 2.05) is 23.6 Å². The highest BCUT2D eigenvalue weighted by molar-refractivity contribution is 7.99. The fraction of sp³-hybridized carbons (Fsp3) is 0.304. The minimum atomic E-state index is -0.508. The molecule has 0 atom stereocenters. The molecule has 2 aromatic carbocycles. The van der Waals surface area contributed by atoms with E-state index in [4.69, 9.17) is 18.9 Å². The van der Waals surface area contributed by atoms with Gasteiger partial charge in [0.2, 0.25) is 5.91 Å². The number of hydrogen-bond donors (Lipinski definition) is 2. The van der Waals surface area contributed by atoms with Crippen LogP contribution in [0.1, 0.15) is 17.3 Å². The lowest BCUT2D eigenvalue weighted by atomic mass is 10.2. The number of carbonyl (C=O) groups excluding carboxylic acids is 2. The van der Waals surface area contributed by atoms with Crippen LogP contribution in [0.4, 0.5) is 0 Å². The van der Waals surface area contributed by atoms with Crippen molar-refractivity contribution in [2.24, 2.45) is 0 Å². The van der Waals surface area contributed by atoms with E-state index in [-0.39, 0.29) is 11.3 Å². The third kappa shape index (κ3) is 6.35. The summed E-state index contributed by atoms with van der Waals surface area (Å²) in [7, 11) is 6.13. The van der Waals surface area contributed by atoms with E-state index in [2.05, 4.69) is 21.0 Å². The first-order valence-electron chi connectivity index (χ1n) is 10.5. The standard InChI is InChI=1S/C23H27N5O6S/c1-6-28-21(14-7-16(31-2)11-17(8-14)32-3)25-27-23(28)35-13-20(29)24-26-22(30)15-9-18(33-4)12-19(10-15)34-5/h7-12H,6,13H2,1-5H3,(H,24,29)(H,26,30). The Labute approximate surface area is 207 Å². The second-order valence-electron chi connectivity index (χ2n) is 7.04. The zero-order valence-electron chi connectivity index (χ0n) is 20.1. The van der Waals surface area contributed by atoms with Crippen LogP contribution in [-0.4, -0.2) is 60.8 Å². The van der Waals surface area contributed by atoms with Crippen molar-refractivity contribution in [2.75, 3.05) is 34.2 Å². The van der Waals surface area contributed by atoms with Gasteiger partial charge in [0.05, 0.1) is 34.2 Å². The van der Waals surface area contributed by atoms with Crippen LogP contribution in [0.3, 0.4) is 0 Å². The number of nitrogens with zero attached hydrogens (tertiary/aromatic N) is 3. The van der Waals surface area contributed by atoms with Gasteiger partial charge in [-0.25, -0.2) is 0 Å². The Balaban J connectivity index is 1.64. The Kier molecular flexibility index (Phi) is 8.79. The molecule has 11 nitrogen and oxygen atoms in total. The molecule has 0 radical (unpaired) electrons. The SMILES string of the molecule is CCn1c(SCC(=O)NNC(=O)c2cc(OC)cc(OC)c2)nnc1-c1cc(OC)cc(OC)c1. The zero-order chi connectivity index (χ0) is 25.4. The van der Waals surface area contributed by atoms with Gasteiger partial charge in [0.25, 0.3) is 5.91 Å². The number of thioether (sulfide) groups is 1. The van der Waals surface area contributed by atoms with E-state index >= 15 is 0 Å². The van der Waals surface area contributed by atoms with Gasteiger partial charge in [0.15, 0.2) is 11.0 Å². The van der Waals surface area contributed by atoms with E-state index in [1.54, 1.807) is 26.4 Å². The van der Waals surface area contributed by atoms with E-state index in [0.717, 1.165) is 5.56 Å². The minimum absolute atomic E-state index is 0.0152. The third-order valence-electron chi connectivity index (χ3n) is 4.90. The van der Waals surface area contributed by atoms with Crippen molar-refractivity contribution >= 4 is 23.6 Å². The molecule has 0 aliphatic heterocycles. The van der Waals surface area contributed by atoms with Crippen LogP contribution < -0.4 is 29.8 Å². The summed E-state index contributed by atoms with van der Waals surface area (Å²) < 4.78 is 22.9. The van der Waals surface area contributed by atoms with E-state index in [9.17, 15) is 9.59 Å². The Bertz CT molecular complexity index is 1150. The first-order valence-corrected chi connectivity index (χ1v) is 11.5.